The van der Waals surface area contributed by atoms with E-state index in [0.717, 1.165) is 0 Å². The van der Waals surface area contributed by atoms with Crippen LogP contribution in [0.4, 0.5) is 0 Å². The van der Waals surface area contributed by atoms with Crippen molar-refractivity contribution in [3.63, 3.8) is 0 Å². The second-order valence-corrected chi connectivity index (χ2v) is 41.7. The summed E-state index contributed by atoms with van der Waals surface area (Å²) in [5.41, 5.74) is 0. The van der Waals surface area contributed by atoms with Crippen molar-refractivity contribution in [2.24, 2.45) is 0 Å². The second-order valence-electron chi connectivity index (χ2n) is 11.7. The van der Waals surface area contributed by atoms with Crippen molar-refractivity contribution in [3.8, 4) is 0 Å². The average molecular weight is 901 g/mol. The van der Waals surface area contributed by atoms with E-state index in [4.69, 9.17) is 0 Å². The molecule has 1 aliphatic heterocycles. The molecule has 0 unspecified atom stereocenters. The summed E-state index contributed by atoms with van der Waals surface area (Å²) in [5, 5.41) is 0. The molecule has 48 heavy (non-hydrogen) atoms. The van der Waals surface area contributed by atoms with Crippen LogP contribution in [-0.4, -0.2) is 218 Å². The van der Waals surface area contributed by atoms with E-state index in [0.29, 0.717) is 0 Å². The maximum absolute atomic E-state index is 2.69. The van der Waals surface area contributed by atoms with Crippen LogP contribution in [-0.2, 0) is 0 Å². The van der Waals surface area contributed by atoms with Crippen molar-refractivity contribution in [3.05, 3.63) is 0 Å². The molecule has 288 valence electrons. The molecule has 1 saturated heterocycles. The van der Waals surface area contributed by atoms with Gasteiger partial charge in [0.2, 0.25) is 0 Å². The van der Waals surface area contributed by atoms with Gasteiger partial charge in [-0.2, -0.15) is 0 Å². The summed E-state index contributed by atoms with van der Waals surface area (Å²) in [4.78, 5) is 0. The fourth-order valence-electron chi connectivity index (χ4n) is 4.50. The van der Waals surface area contributed by atoms with Gasteiger partial charge in [-0.15, -0.1) is 0 Å². The van der Waals surface area contributed by atoms with Crippen molar-refractivity contribution in [1.82, 2.24) is 53.3 Å². The largest absolute Gasteiger partial charge is 0.238 e. The first-order valence-electron chi connectivity index (χ1n) is 15.5. The first-order chi connectivity index (χ1) is 21.9. The van der Waals surface area contributed by atoms with Gasteiger partial charge >= 0.3 is 0 Å². The van der Waals surface area contributed by atoms with E-state index < -0.39 is 98.7 Å². The lowest BCUT2D eigenvalue weighted by atomic mass is 11.6. The molecule has 0 spiro atoms. The van der Waals surface area contributed by atoms with Crippen LogP contribution in [0.25, 0.3) is 0 Å². The Morgan fingerprint density at radius 3 is 0.229 bits per heavy atom. The zero-order valence-electron chi connectivity index (χ0n) is 34.7. The molecule has 0 aromatic rings. The van der Waals surface area contributed by atoms with Gasteiger partial charge in [-0.3, -0.25) is 0 Å². The molecule has 1 fully saturated rings. The van der Waals surface area contributed by atoms with Crippen LogP contribution < -0.4 is 0 Å². The lowest BCUT2D eigenvalue weighted by Gasteiger charge is -2.50. The molecule has 12 nitrogen and oxygen atoms in total. The molecular weight excluding hydrogens is 828 g/mol. The Labute approximate surface area is 315 Å². The normalized spacial score (nSPS) is 42.0. The summed E-state index contributed by atoms with van der Waals surface area (Å²) >= 11 is 0. The maximum Gasteiger partial charge on any atom is 0.0450 e. The first-order valence-corrected chi connectivity index (χ1v) is 35.9. The predicted octanol–water partition coefficient (Wildman–Crippen LogP) is 10.5. The first kappa shape index (κ1) is 50.7. The van der Waals surface area contributed by atoms with E-state index in [-0.39, 0.29) is 0 Å². The highest BCUT2D eigenvalue weighted by molar-refractivity contribution is 7.83. The smallest absolute Gasteiger partial charge is 0.0450 e. The van der Waals surface area contributed by atoms with Gasteiger partial charge in [0.05, 0.1) is 0 Å². The lowest BCUT2D eigenvalue weighted by Crippen LogP contribution is -2.29. The Hall–Kier alpha value is 4.68. The van der Waals surface area contributed by atoms with Gasteiger partial charge in [-0.25, -0.2) is 53.3 Å². The van der Waals surface area contributed by atoms with Crippen molar-refractivity contribution < 1.29 is 0 Å². The van der Waals surface area contributed by atoms with E-state index in [1.807, 2.05) is 0 Å². The summed E-state index contributed by atoms with van der Waals surface area (Å²) in [6.07, 6.45) is 0. The number of nitrogens with zero attached hydrogens (tertiary/aromatic N) is 12. The molecule has 0 amide bonds. The minimum atomic E-state index is -0.447. The fraction of sp³-hybridized carbons (Fsp3) is 1.00. The standard InChI is InChI=1S/C24H72N12P12/c1-25-37(13)26(2)39(15)28(4)41(17)30(6)43(19)32(8)45(21)34(10)47(23)36(12)48(24)35(11)46(22)33(9)44(20)31(7)42(18)29(5)40(16)27(3)38(25)14/h1-24H3. The molecule has 0 N–H and O–H groups in total. The highest BCUT2D eigenvalue weighted by Gasteiger charge is 2.37. The zero-order chi connectivity index (χ0) is 37.9. The highest BCUT2D eigenvalue weighted by atomic mass is 31.3. The Balaban J connectivity index is 3.57. The minimum Gasteiger partial charge on any atom is -0.238 e. The molecular formula is C24H72N12P12. The van der Waals surface area contributed by atoms with Crippen LogP contribution >= 0.6 is 98.7 Å². The van der Waals surface area contributed by atoms with E-state index in [2.05, 4.69) is 218 Å². The maximum atomic E-state index is 2.69. The quantitative estimate of drug-likeness (QED) is 0.218. The van der Waals surface area contributed by atoms with Crippen molar-refractivity contribution in [2.75, 3.05) is 165 Å². The monoisotopic (exact) mass is 900 g/mol. The van der Waals surface area contributed by atoms with E-state index in [1.54, 1.807) is 0 Å². The van der Waals surface area contributed by atoms with Gasteiger partial charge in [0.1, 0.15) is 0 Å². The summed E-state index contributed by atoms with van der Waals surface area (Å²) < 4.78 is 32.3. The van der Waals surface area contributed by atoms with Crippen LogP contribution in [0, 0.1) is 0 Å². The predicted molar refractivity (Wildman–Crippen MR) is 247 cm³/mol. The summed E-state index contributed by atoms with van der Waals surface area (Å²) in [7, 11) is 23.0. The lowest BCUT2D eigenvalue weighted by molar-refractivity contribution is 0.669. The van der Waals surface area contributed by atoms with E-state index in [1.165, 1.54) is 0 Å². The van der Waals surface area contributed by atoms with Gasteiger partial charge in [0.15, 0.2) is 0 Å². The molecule has 1 rings (SSSR count). The molecule has 0 radical (unpaired) electrons. The third kappa shape index (κ3) is 12.3. The Kier molecular flexibility index (Phi) is 23.8. The number of hydrogen-bond acceptors (Lipinski definition) is 12. The van der Waals surface area contributed by atoms with Crippen LogP contribution in [0.5, 0.6) is 0 Å². The molecule has 24 heteroatoms. The molecule has 0 aromatic carbocycles. The van der Waals surface area contributed by atoms with Crippen LogP contribution in [0.3, 0.4) is 0 Å². The van der Waals surface area contributed by atoms with Crippen molar-refractivity contribution >= 4 is 98.7 Å². The Morgan fingerprint density at radius 2 is 0.188 bits per heavy atom. The second kappa shape index (κ2) is 22.6. The molecule has 1 aliphatic rings. The molecule has 1 heterocycles. The third-order valence-corrected chi connectivity index (χ3v) is 48.8. The average Bonchev–Trinajstić information content (AvgIpc) is 3.09. The molecule has 0 bridgehead atoms. The minimum absolute atomic E-state index is 0.447. The van der Waals surface area contributed by atoms with Gasteiger partial charge in [0, 0.05) is 98.7 Å². The van der Waals surface area contributed by atoms with Crippen LogP contribution in [0.1, 0.15) is 0 Å². The molecule has 0 aliphatic carbocycles. The van der Waals surface area contributed by atoms with E-state index >= 15 is 0 Å². The van der Waals surface area contributed by atoms with Gasteiger partial charge in [-0.05, 0) is 165 Å². The van der Waals surface area contributed by atoms with Crippen LogP contribution in [0.2, 0.25) is 0 Å². The summed E-state index contributed by atoms with van der Waals surface area (Å²) in [6, 6.07) is 0. The van der Waals surface area contributed by atoms with E-state index in [9.17, 15) is 0 Å². The molecule has 0 aromatic heterocycles. The number of rotatable bonds is 0. The summed E-state index contributed by atoms with van der Waals surface area (Å²) in [6.45, 7) is 29.6. The SMILES string of the molecule is CN1P(C)N(C)P(C)N(C)P(C)N(C)P(C)N(C)P(C)N(C)P(C)N(C)P(C)N(C)P(C)N(C)P(C)N(C)P(C)N(C)P(C)N(C)P1C. The number of hydrogen-bond donors (Lipinski definition) is 0. The fourth-order valence-corrected chi connectivity index (χ4v) is 37.9. The molecule has 0 saturated carbocycles. The van der Waals surface area contributed by atoms with Crippen molar-refractivity contribution in [2.45, 2.75) is 0 Å². The van der Waals surface area contributed by atoms with Crippen LogP contribution in [0.15, 0.2) is 0 Å². The zero-order valence-corrected chi connectivity index (χ0v) is 45.5. The summed E-state index contributed by atoms with van der Waals surface area (Å²) in [5.74, 6) is 0. The van der Waals surface area contributed by atoms with Gasteiger partial charge < -0.3 is 0 Å². The topological polar surface area (TPSA) is 38.9 Å². The van der Waals surface area contributed by atoms with Gasteiger partial charge in [-0.1, -0.05) is 0 Å². The van der Waals surface area contributed by atoms with Gasteiger partial charge in [0.25, 0.3) is 0 Å². The van der Waals surface area contributed by atoms with Crippen molar-refractivity contribution in [1.29, 1.82) is 0 Å². The molecule has 0 atom stereocenters. The Bertz CT molecular complexity index is 582. The third-order valence-electron chi connectivity index (χ3n) is 10.1. The Morgan fingerprint density at radius 1 is 0.146 bits per heavy atom. The highest BCUT2D eigenvalue weighted by Crippen LogP contribution is 2.74.